The van der Waals surface area contributed by atoms with E-state index >= 15 is 0 Å². The van der Waals surface area contributed by atoms with Crippen LogP contribution in [-0.4, -0.2) is 54.8 Å². The highest BCUT2D eigenvalue weighted by Gasteiger charge is 2.29. The monoisotopic (exact) mass is 580 g/mol. The first-order chi connectivity index (χ1) is 19.2. The second-order valence-electron chi connectivity index (χ2n) is 9.99. The van der Waals surface area contributed by atoms with Crippen LogP contribution in [0.3, 0.4) is 0 Å². The van der Waals surface area contributed by atoms with Crippen LogP contribution in [0, 0.1) is 5.82 Å². The second-order valence-corrected chi connectivity index (χ2v) is 12.1. The van der Waals surface area contributed by atoms with Crippen LogP contribution in [0.1, 0.15) is 35.3 Å². The van der Waals surface area contributed by atoms with Gasteiger partial charge >= 0.3 is 0 Å². The van der Waals surface area contributed by atoms with Gasteiger partial charge in [0.2, 0.25) is 0 Å². The van der Waals surface area contributed by atoms with Crippen molar-refractivity contribution in [3.63, 3.8) is 0 Å². The van der Waals surface area contributed by atoms with Crippen molar-refractivity contribution < 1.29 is 17.6 Å². The van der Waals surface area contributed by atoms with Gasteiger partial charge in [0.05, 0.1) is 21.8 Å². The normalized spacial score (nSPS) is 16.3. The molecule has 2 heterocycles. The number of halogens is 2. The molecule has 10 heteroatoms. The summed E-state index contributed by atoms with van der Waals surface area (Å²) in [6, 6.07) is 18.3. The van der Waals surface area contributed by atoms with Gasteiger partial charge in [-0.15, -0.1) is 0 Å². The number of fused-ring (bicyclic) bond motifs is 1. The molecule has 1 aliphatic heterocycles. The molecule has 1 unspecified atom stereocenters. The molecule has 0 aliphatic carbocycles. The maximum absolute atomic E-state index is 14.2. The first kappa shape index (κ1) is 28.0. The molecule has 1 atom stereocenters. The molecule has 1 fully saturated rings. The summed E-state index contributed by atoms with van der Waals surface area (Å²) >= 11 is 6.50. The van der Waals surface area contributed by atoms with Crippen LogP contribution in [0.15, 0.2) is 77.8 Å². The molecular weight excluding hydrogens is 551 g/mol. The van der Waals surface area contributed by atoms with Gasteiger partial charge in [-0.05, 0) is 60.9 Å². The van der Waals surface area contributed by atoms with Crippen molar-refractivity contribution in [1.82, 2.24) is 14.8 Å². The van der Waals surface area contributed by atoms with E-state index in [1.54, 1.807) is 47.5 Å². The minimum Gasteiger partial charge on any atom is -0.333 e. The van der Waals surface area contributed by atoms with Gasteiger partial charge in [0.1, 0.15) is 10.7 Å². The van der Waals surface area contributed by atoms with E-state index in [0.29, 0.717) is 54.6 Å². The number of amides is 1. The maximum atomic E-state index is 14.2. The summed E-state index contributed by atoms with van der Waals surface area (Å²) in [6.45, 7) is 6.28. The molecule has 40 heavy (non-hydrogen) atoms. The number of hydrogen-bond donors (Lipinski definition) is 1. The lowest BCUT2D eigenvalue weighted by molar-refractivity contribution is 0.0475. The Morgan fingerprint density at radius 2 is 1.90 bits per heavy atom. The summed E-state index contributed by atoms with van der Waals surface area (Å²) in [4.78, 5) is 21.7. The lowest BCUT2D eigenvalue weighted by atomic mass is 10.1. The summed E-state index contributed by atoms with van der Waals surface area (Å²) < 4.78 is 43.1. The van der Waals surface area contributed by atoms with Crippen molar-refractivity contribution in [1.29, 1.82) is 0 Å². The van der Waals surface area contributed by atoms with E-state index in [-0.39, 0.29) is 33.4 Å². The summed E-state index contributed by atoms with van der Waals surface area (Å²) in [7, 11) is -3.95. The molecule has 0 saturated carbocycles. The van der Waals surface area contributed by atoms with E-state index in [1.807, 2.05) is 26.0 Å². The Hall–Kier alpha value is -3.53. The number of para-hydroxylation sites is 1. The molecule has 1 N–H and O–H groups in total. The zero-order valence-electron chi connectivity index (χ0n) is 22.3. The minimum absolute atomic E-state index is 0.0533. The third-order valence-electron chi connectivity index (χ3n) is 7.21. The van der Waals surface area contributed by atoms with Crippen LogP contribution in [0.4, 0.5) is 10.1 Å². The molecule has 4 aromatic rings. The van der Waals surface area contributed by atoms with Crippen LogP contribution in [0.5, 0.6) is 0 Å². The topological polar surface area (TPSA) is 82.6 Å². The molecule has 1 aromatic heterocycles. The Morgan fingerprint density at radius 1 is 1.10 bits per heavy atom. The number of rotatable bonds is 7. The zero-order valence-corrected chi connectivity index (χ0v) is 23.8. The maximum Gasteiger partial charge on any atom is 0.264 e. The summed E-state index contributed by atoms with van der Waals surface area (Å²) in [5.41, 5.74) is 2.52. The lowest BCUT2D eigenvalue weighted by Gasteiger charge is -2.40. The van der Waals surface area contributed by atoms with Gasteiger partial charge in [-0.3, -0.25) is 19.4 Å². The number of benzene rings is 3. The fourth-order valence-electron chi connectivity index (χ4n) is 5.12. The quantitative estimate of drug-likeness (QED) is 0.302. The lowest BCUT2D eigenvalue weighted by Crippen LogP contribution is -2.53. The third kappa shape index (κ3) is 5.82. The Morgan fingerprint density at radius 3 is 2.62 bits per heavy atom. The smallest absolute Gasteiger partial charge is 0.264 e. The molecule has 1 aliphatic rings. The first-order valence-electron chi connectivity index (χ1n) is 13.1. The fraction of sp³-hybridized carbons (Fsp3) is 0.267. The third-order valence-corrected chi connectivity index (χ3v) is 8.94. The van der Waals surface area contributed by atoms with Gasteiger partial charge in [0.15, 0.2) is 0 Å². The highest BCUT2D eigenvalue weighted by molar-refractivity contribution is 7.93. The average molecular weight is 581 g/mol. The number of pyridine rings is 1. The number of anilines is 1. The van der Waals surface area contributed by atoms with E-state index in [9.17, 15) is 17.6 Å². The Bertz CT molecular complexity index is 1680. The molecule has 1 amide bonds. The van der Waals surface area contributed by atoms with Crippen LogP contribution < -0.4 is 4.72 Å². The predicted octanol–water partition coefficient (Wildman–Crippen LogP) is 5.74. The Kier molecular flexibility index (Phi) is 8.07. The minimum atomic E-state index is -3.95. The summed E-state index contributed by atoms with van der Waals surface area (Å²) in [6.07, 6.45) is 2.20. The number of hydrogen-bond acceptors (Lipinski definition) is 5. The number of aryl methyl sites for hydroxylation is 1. The van der Waals surface area contributed by atoms with Crippen molar-refractivity contribution in [2.75, 3.05) is 24.4 Å². The van der Waals surface area contributed by atoms with Crippen molar-refractivity contribution in [2.45, 2.75) is 37.8 Å². The van der Waals surface area contributed by atoms with E-state index in [2.05, 4.69) is 14.6 Å². The van der Waals surface area contributed by atoms with Crippen molar-refractivity contribution in [3.05, 3.63) is 100 Å². The van der Waals surface area contributed by atoms with Crippen molar-refractivity contribution in [3.8, 4) is 0 Å². The van der Waals surface area contributed by atoms with Gasteiger partial charge in [-0.2, -0.15) is 0 Å². The molecule has 1 saturated heterocycles. The predicted molar refractivity (Wildman–Crippen MR) is 156 cm³/mol. The van der Waals surface area contributed by atoms with Gasteiger partial charge in [-0.25, -0.2) is 12.8 Å². The molecule has 3 aromatic carbocycles. The number of nitrogens with zero attached hydrogens (tertiary/aromatic N) is 3. The van der Waals surface area contributed by atoms with Crippen LogP contribution in [-0.2, 0) is 23.0 Å². The molecule has 7 nitrogen and oxygen atoms in total. The fourth-order valence-corrected chi connectivity index (χ4v) is 6.61. The summed E-state index contributed by atoms with van der Waals surface area (Å²) in [5, 5.41) is 0.863. The molecule has 208 valence electrons. The van der Waals surface area contributed by atoms with E-state index in [1.165, 1.54) is 18.2 Å². The highest BCUT2D eigenvalue weighted by atomic mass is 35.5. The molecular formula is C30H30ClFN4O3S. The molecule has 0 spiro atoms. The van der Waals surface area contributed by atoms with E-state index in [4.69, 9.17) is 11.6 Å². The van der Waals surface area contributed by atoms with Gasteiger partial charge in [0.25, 0.3) is 15.9 Å². The molecule has 0 bridgehead atoms. The number of nitrogens with one attached hydrogen (secondary N) is 1. The molecule has 0 radical (unpaired) electrons. The first-order valence-corrected chi connectivity index (χ1v) is 15.0. The number of aromatic nitrogens is 1. The van der Waals surface area contributed by atoms with Crippen LogP contribution in [0.2, 0.25) is 5.02 Å². The number of sulfonamides is 1. The van der Waals surface area contributed by atoms with Crippen LogP contribution >= 0.6 is 11.6 Å². The summed E-state index contributed by atoms with van der Waals surface area (Å²) in [5.74, 6) is -0.404. The number of piperazine rings is 1. The van der Waals surface area contributed by atoms with Crippen molar-refractivity contribution in [2.24, 2.45) is 0 Å². The van der Waals surface area contributed by atoms with Gasteiger partial charge < -0.3 is 4.90 Å². The zero-order chi connectivity index (χ0) is 28.4. The largest absolute Gasteiger partial charge is 0.333 e. The van der Waals surface area contributed by atoms with Gasteiger partial charge in [-0.1, -0.05) is 48.9 Å². The standard InChI is InChI=1S/C30H30ClFN4O3S/c1-3-22-10-9-21(16-27(22)32)19-35-14-15-36(20(2)18-35)30(37)25-12-11-24(17-26(25)31)34-40(38,39)28-8-4-6-23-7-5-13-33-29(23)28/h4-13,16-17,20,34H,3,14-15,18-19H2,1-2H3. The Labute approximate surface area is 238 Å². The Balaban J connectivity index is 1.26. The van der Waals surface area contributed by atoms with Gasteiger partial charge in [0, 0.05) is 43.8 Å². The van der Waals surface area contributed by atoms with Crippen molar-refractivity contribution >= 4 is 44.1 Å². The van der Waals surface area contributed by atoms with Crippen LogP contribution in [0.25, 0.3) is 10.9 Å². The molecule has 5 rings (SSSR count). The SMILES string of the molecule is CCc1ccc(CN2CCN(C(=O)c3ccc(NS(=O)(=O)c4cccc5cccnc45)cc3Cl)C(C)C2)cc1F. The second kappa shape index (κ2) is 11.5. The average Bonchev–Trinajstić information content (AvgIpc) is 2.92. The number of carbonyl (C=O) groups excluding carboxylic acids is 1. The number of carbonyl (C=O) groups is 1. The van der Waals surface area contributed by atoms with E-state index in [0.717, 1.165) is 5.56 Å². The van der Waals surface area contributed by atoms with E-state index < -0.39 is 10.0 Å². The highest BCUT2D eigenvalue weighted by Crippen LogP contribution is 2.28.